The molecule has 3 aromatic carbocycles. The molecule has 4 aromatic rings. The van der Waals surface area contributed by atoms with Gasteiger partial charge in [-0.3, -0.25) is 4.79 Å². The highest BCUT2D eigenvalue weighted by molar-refractivity contribution is 5.84. The van der Waals surface area contributed by atoms with Gasteiger partial charge < -0.3 is 15.0 Å². The predicted octanol–water partition coefficient (Wildman–Crippen LogP) is 6.55. The summed E-state index contributed by atoms with van der Waals surface area (Å²) in [6, 6.07) is 26.3. The molecule has 0 spiro atoms. The number of fused-ring (bicyclic) bond motifs is 1. The van der Waals surface area contributed by atoms with Crippen LogP contribution in [0.2, 0.25) is 0 Å². The lowest BCUT2D eigenvalue weighted by Gasteiger charge is -2.26. The number of hydrogen-bond donors (Lipinski definition) is 2. The highest BCUT2D eigenvalue weighted by Crippen LogP contribution is 2.38. The van der Waals surface area contributed by atoms with Crippen LogP contribution >= 0.6 is 0 Å². The molecule has 5 heteroatoms. The number of aliphatic hydroxyl groups is 1. The number of unbranched alkanes of at least 4 members (excludes halogenated alkanes) is 1. The van der Waals surface area contributed by atoms with Gasteiger partial charge in [-0.25, -0.2) is 4.98 Å². The van der Waals surface area contributed by atoms with Crippen LogP contribution in [0.4, 0.5) is 0 Å². The van der Waals surface area contributed by atoms with Crippen molar-refractivity contribution in [3.8, 4) is 0 Å². The number of nitrogens with zero attached hydrogens (tertiary/aromatic N) is 2. The summed E-state index contributed by atoms with van der Waals surface area (Å²) in [4.78, 5) is 18.6. The van der Waals surface area contributed by atoms with E-state index in [2.05, 4.69) is 59.3 Å². The van der Waals surface area contributed by atoms with Crippen LogP contribution in [0, 0.1) is 5.92 Å². The van der Waals surface area contributed by atoms with Crippen molar-refractivity contribution < 1.29 is 9.90 Å². The largest absolute Gasteiger partial charge is 0.394 e. The Bertz CT molecular complexity index is 1320. The molecule has 1 heterocycles. The van der Waals surface area contributed by atoms with Crippen molar-refractivity contribution in [2.45, 2.75) is 70.4 Å². The van der Waals surface area contributed by atoms with Crippen LogP contribution < -0.4 is 5.32 Å². The van der Waals surface area contributed by atoms with Crippen molar-refractivity contribution in [2.75, 3.05) is 6.61 Å². The van der Waals surface area contributed by atoms with Crippen LogP contribution in [-0.2, 0) is 17.8 Å². The van der Waals surface area contributed by atoms with Crippen LogP contribution in [0.1, 0.15) is 79.9 Å². The van der Waals surface area contributed by atoms with E-state index in [0.717, 1.165) is 61.1 Å². The molecule has 0 aliphatic heterocycles. The number of hydrogen-bond acceptors (Lipinski definition) is 3. The highest BCUT2D eigenvalue weighted by atomic mass is 16.3. The van der Waals surface area contributed by atoms with Gasteiger partial charge in [0.25, 0.3) is 0 Å². The number of carbonyl (C=O) groups excluding carboxylic acids is 1. The Morgan fingerprint density at radius 3 is 2.39 bits per heavy atom. The van der Waals surface area contributed by atoms with Crippen molar-refractivity contribution in [3.63, 3.8) is 0 Å². The van der Waals surface area contributed by atoms with Gasteiger partial charge in [-0.05, 0) is 54.0 Å². The molecule has 1 aliphatic rings. The quantitative estimate of drug-likeness (QED) is 0.241. The SMILES string of the molecule is CCCCc1nc2ccccc2n1Cc1ccc(C(C(=O)NC(CO)c2ccccc2)C2CCCC2)cc1. The average Bonchev–Trinajstić information content (AvgIpc) is 3.60. The van der Waals surface area contributed by atoms with Crippen molar-refractivity contribution >= 4 is 16.9 Å². The molecule has 1 fully saturated rings. The Morgan fingerprint density at radius 2 is 1.68 bits per heavy atom. The number of nitrogens with one attached hydrogen (secondary N) is 1. The number of aromatic nitrogens is 2. The smallest absolute Gasteiger partial charge is 0.228 e. The third kappa shape index (κ3) is 5.83. The summed E-state index contributed by atoms with van der Waals surface area (Å²) in [6.45, 7) is 2.86. The van der Waals surface area contributed by atoms with Gasteiger partial charge in [-0.1, -0.05) is 92.9 Å². The number of benzene rings is 3. The van der Waals surface area contributed by atoms with Crippen LogP contribution in [0.5, 0.6) is 0 Å². The fraction of sp³-hybridized carbons (Fsp3) is 0.394. The molecule has 5 rings (SSSR count). The molecule has 0 bridgehead atoms. The highest BCUT2D eigenvalue weighted by Gasteiger charge is 2.33. The first kappa shape index (κ1) is 26.2. The molecule has 1 aromatic heterocycles. The molecule has 1 saturated carbocycles. The fourth-order valence-corrected chi connectivity index (χ4v) is 5.95. The molecule has 1 amide bonds. The van der Waals surface area contributed by atoms with Crippen LogP contribution in [0.25, 0.3) is 11.0 Å². The molecular formula is C33H39N3O2. The van der Waals surface area contributed by atoms with Gasteiger partial charge in [-0.2, -0.15) is 0 Å². The van der Waals surface area contributed by atoms with E-state index in [9.17, 15) is 9.90 Å². The van der Waals surface area contributed by atoms with Gasteiger partial charge in [-0.15, -0.1) is 0 Å². The Morgan fingerprint density at radius 1 is 0.974 bits per heavy atom. The van der Waals surface area contributed by atoms with E-state index in [4.69, 9.17) is 4.98 Å². The Labute approximate surface area is 225 Å². The summed E-state index contributed by atoms with van der Waals surface area (Å²) in [5.41, 5.74) is 5.41. The van der Waals surface area contributed by atoms with E-state index < -0.39 is 6.04 Å². The van der Waals surface area contributed by atoms with Crippen LogP contribution in [-0.4, -0.2) is 27.2 Å². The maximum Gasteiger partial charge on any atom is 0.228 e. The maximum atomic E-state index is 13.7. The Kier molecular flexibility index (Phi) is 8.54. The molecule has 1 aliphatic carbocycles. The van der Waals surface area contributed by atoms with Gasteiger partial charge in [0, 0.05) is 13.0 Å². The number of imidazole rings is 1. The zero-order valence-corrected chi connectivity index (χ0v) is 22.4. The van der Waals surface area contributed by atoms with Gasteiger partial charge in [0.1, 0.15) is 5.82 Å². The zero-order chi connectivity index (χ0) is 26.3. The van der Waals surface area contributed by atoms with E-state index >= 15 is 0 Å². The Hall–Kier alpha value is -3.44. The van der Waals surface area contributed by atoms with Crippen molar-refractivity contribution in [1.29, 1.82) is 0 Å². The molecule has 0 radical (unpaired) electrons. The standard InChI is InChI=1S/C33H39N3O2/c1-2-3-17-31-34-28-15-9-10-16-30(28)36(31)22-24-18-20-27(21-19-24)32(26-13-7-8-14-26)33(38)35-29(23-37)25-11-5-4-6-12-25/h4-6,9-12,15-16,18-21,26,29,32,37H,2-3,7-8,13-14,17,22-23H2,1H3,(H,35,38). The van der Waals surface area contributed by atoms with Gasteiger partial charge in [0.05, 0.1) is 29.6 Å². The van der Waals surface area contributed by atoms with E-state index in [1.165, 1.54) is 23.9 Å². The first-order chi connectivity index (χ1) is 18.7. The van der Waals surface area contributed by atoms with Gasteiger partial charge >= 0.3 is 0 Å². The summed E-state index contributed by atoms with van der Waals surface area (Å²) in [6.07, 6.45) is 7.71. The molecule has 38 heavy (non-hydrogen) atoms. The van der Waals surface area contributed by atoms with Crippen molar-refractivity contribution in [3.05, 3.63) is 101 Å². The van der Waals surface area contributed by atoms with Crippen molar-refractivity contribution in [1.82, 2.24) is 14.9 Å². The Balaban J connectivity index is 1.38. The lowest BCUT2D eigenvalue weighted by atomic mass is 9.83. The normalized spacial score (nSPS) is 15.5. The summed E-state index contributed by atoms with van der Waals surface area (Å²) in [7, 11) is 0. The summed E-state index contributed by atoms with van der Waals surface area (Å²) < 4.78 is 2.34. The fourth-order valence-electron chi connectivity index (χ4n) is 5.95. The third-order valence-electron chi connectivity index (χ3n) is 8.02. The zero-order valence-electron chi connectivity index (χ0n) is 22.4. The molecule has 2 N–H and O–H groups in total. The summed E-state index contributed by atoms with van der Waals surface area (Å²) in [5.74, 6) is 1.26. The minimum Gasteiger partial charge on any atom is -0.394 e. The maximum absolute atomic E-state index is 13.7. The molecule has 5 nitrogen and oxygen atoms in total. The molecule has 2 atom stereocenters. The average molecular weight is 510 g/mol. The van der Waals surface area contributed by atoms with E-state index in [0.29, 0.717) is 5.92 Å². The van der Waals surface area contributed by atoms with Crippen LogP contribution in [0.3, 0.4) is 0 Å². The minimum absolute atomic E-state index is 0.00927. The van der Waals surface area contributed by atoms with E-state index in [1.54, 1.807) is 0 Å². The summed E-state index contributed by atoms with van der Waals surface area (Å²) >= 11 is 0. The van der Waals surface area contributed by atoms with Gasteiger partial charge in [0.2, 0.25) is 5.91 Å². The molecule has 2 unspecified atom stereocenters. The number of aliphatic hydroxyl groups excluding tert-OH is 1. The number of carbonyl (C=O) groups is 1. The lowest BCUT2D eigenvalue weighted by molar-refractivity contribution is -0.124. The number of amides is 1. The predicted molar refractivity (Wildman–Crippen MR) is 153 cm³/mol. The molecule has 198 valence electrons. The second-order valence-electron chi connectivity index (χ2n) is 10.6. The molecule has 0 saturated heterocycles. The topological polar surface area (TPSA) is 67.2 Å². The molecular weight excluding hydrogens is 470 g/mol. The number of aryl methyl sites for hydroxylation is 1. The van der Waals surface area contributed by atoms with Gasteiger partial charge in [0.15, 0.2) is 0 Å². The number of rotatable bonds is 11. The first-order valence-corrected chi connectivity index (χ1v) is 14.2. The van der Waals surface area contributed by atoms with E-state index in [-0.39, 0.29) is 18.4 Å². The van der Waals surface area contributed by atoms with E-state index in [1.807, 2.05) is 36.4 Å². The first-order valence-electron chi connectivity index (χ1n) is 14.2. The van der Waals surface area contributed by atoms with Crippen molar-refractivity contribution in [2.24, 2.45) is 5.92 Å². The third-order valence-corrected chi connectivity index (χ3v) is 8.02. The second kappa shape index (κ2) is 12.4. The summed E-state index contributed by atoms with van der Waals surface area (Å²) in [5, 5.41) is 13.2. The monoisotopic (exact) mass is 509 g/mol. The van der Waals surface area contributed by atoms with Crippen LogP contribution in [0.15, 0.2) is 78.9 Å². The second-order valence-corrected chi connectivity index (χ2v) is 10.6. The number of para-hydroxylation sites is 2. The lowest BCUT2D eigenvalue weighted by Crippen LogP contribution is -2.37. The minimum atomic E-state index is -0.400.